The van der Waals surface area contributed by atoms with Crippen LogP contribution in [0.1, 0.15) is 44.0 Å². The summed E-state index contributed by atoms with van der Waals surface area (Å²) < 4.78 is 25.8. The Morgan fingerprint density at radius 1 is 0.868 bits per heavy atom. The highest BCUT2D eigenvalue weighted by molar-refractivity contribution is 7.55. The molecule has 0 aliphatic heterocycles. The third-order valence-corrected chi connectivity index (χ3v) is 8.28. The van der Waals surface area contributed by atoms with Crippen molar-refractivity contribution in [3.63, 3.8) is 0 Å². The van der Waals surface area contributed by atoms with Gasteiger partial charge in [-0.2, -0.15) is 0 Å². The van der Waals surface area contributed by atoms with Crippen LogP contribution in [0.4, 0.5) is 0 Å². The van der Waals surface area contributed by atoms with Crippen LogP contribution in [0.15, 0.2) is 78.9 Å². The molecule has 2 unspecified atom stereocenters. The molecule has 0 heterocycles. The van der Waals surface area contributed by atoms with Gasteiger partial charge in [-0.25, -0.2) is 0 Å². The summed E-state index contributed by atoms with van der Waals surface area (Å²) in [5, 5.41) is 1.56. The summed E-state index contributed by atoms with van der Waals surface area (Å²) in [6, 6.07) is 22.3. The van der Waals surface area contributed by atoms with E-state index < -0.39 is 32.3 Å². The van der Waals surface area contributed by atoms with Gasteiger partial charge in [0.25, 0.3) is 0 Å². The first-order chi connectivity index (χ1) is 18.3. The molecule has 0 aliphatic carbocycles. The summed E-state index contributed by atoms with van der Waals surface area (Å²) in [7, 11) is -4.34. The van der Waals surface area contributed by atoms with Crippen LogP contribution in [0.5, 0.6) is 0 Å². The van der Waals surface area contributed by atoms with E-state index in [9.17, 15) is 18.9 Å². The molecule has 0 saturated carbocycles. The first-order valence-electron chi connectivity index (χ1n) is 12.7. The van der Waals surface area contributed by atoms with E-state index in [0.717, 1.165) is 10.9 Å². The average Bonchev–Trinajstić information content (AvgIpc) is 2.92. The number of nitrogens with zero attached hydrogens (tertiary/aromatic N) is 1. The van der Waals surface area contributed by atoms with Gasteiger partial charge in [0, 0.05) is 19.5 Å². The van der Waals surface area contributed by atoms with Crippen molar-refractivity contribution >= 4 is 41.9 Å². The van der Waals surface area contributed by atoms with Crippen LogP contribution in [0.2, 0.25) is 0 Å². The minimum atomic E-state index is -4.34. The van der Waals surface area contributed by atoms with Crippen molar-refractivity contribution in [3.8, 4) is 0 Å². The van der Waals surface area contributed by atoms with Gasteiger partial charge < -0.3 is 4.90 Å². The maximum atomic E-state index is 14.4. The zero-order valence-corrected chi connectivity index (χ0v) is 22.9. The lowest BCUT2D eigenvalue weighted by Crippen LogP contribution is -2.33. The summed E-state index contributed by atoms with van der Waals surface area (Å²) in [5.74, 6) is -1.16. The first-order valence-corrected chi connectivity index (χ1v) is 14.3. The second kappa shape index (κ2) is 14.0. The number of hydrogen-bond acceptors (Lipinski definition) is 6. The van der Waals surface area contributed by atoms with E-state index in [4.69, 9.17) is 9.05 Å². The molecular formula is C30H34NO6P. The maximum absolute atomic E-state index is 14.4. The Balaban J connectivity index is 2.05. The van der Waals surface area contributed by atoms with Crippen molar-refractivity contribution in [3.05, 3.63) is 90.0 Å². The number of hydrogen-bond donors (Lipinski definition) is 0. The number of likely N-dealkylation sites (N-methyl/N-ethyl adjacent to an activating group) is 1. The number of allylic oxidation sites excluding steroid dienone is 1. The Kier molecular flexibility index (Phi) is 10.7. The second-order valence-electron chi connectivity index (χ2n) is 8.81. The molecule has 0 saturated heterocycles. The number of rotatable bonds is 14. The van der Waals surface area contributed by atoms with E-state index in [1.807, 2.05) is 80.6 Å². The average molecular weight is 536 g/mol. The van der Waals surface area contributed by atoms with Crippen LogP contribution in [0, 0.1) is 0 Å². The zero-order chi connectivity index (χ0) is 27.5. The van der Waals surface area contributed by atoms with Crippen LogP contribution in [-0.4, -0.2) is 48.7 Å². The van der Waals surface area contributed by atoms with E-state index >= 15 is 0 Å². The van der Waals surface area contributed by atoms with Gasteiger partial charge in [-0.05, 0) is 42.7 Å². The Morgan fingerprint density at radius 3 is 2.18 bits per heavy atom. The maximum Gasteiger partial charge on any atom is 0.346 e. The quantitative estimate of drug-likeness (QED) is 0.227. The van der Waals surface area contributed by atoms with Crippen LogP contribution >= 0.6 is 7.60 Å². The molecule has 0 radical (unpaired) electrons. The Bertz CT molecular complexity index is 1330. The highest BCUT2D eigenvalue weighted by Gasteiger charge is 2.43. The minimum absolute atomic E-state index is 0.0520. The van der Waals surface area contributed by atoms with Crippen LogP contribution in [-0.2, 0) is 28.0 Å². The number of amides is 1. The van der Waals surface area contributed by atoms with E-state index in [-0.39, 0.29) is 18.1 Å². The third-order valence-electron chi connectivity index (χ3n) is 6.10. The monoisotopic (exact) mass is 535 g/mol. The largest absolute Gasteiger partial charge is 0.346 e. The van der Waals surface area contributed by atoms with Gasteiger partial charge in [0.1, 0.15) is 18.9 Å². The molecule has 3 aromatic carbocycles. The Morgan fingerprint density at radius 2 is 1.50 bits per heavy atom. The SMILES string of the molecule is CCN(CC)C(=O)COP(=O)(OCC(C)=O)C(C(=O)C/C=C/c1ccccc1)c1cccc2ccccc12. The second-order valence-corrected chi connectivity index (χ2v) is 10.9. The predicted octanol–water partition coefficient (Wildman–Crippen LogP) is 6.24. The molecule has 8 heteroatoms. The van der Waals surface area contributed by atoms with Gasteiger partial charge in [-0.1, -0.05) is 84.9 Å². The third kappa shape index (κ3) is 7.57. The van der Waals surface area contributed by atoms with Crippen LogP contribution < -0.4 is 0 Å². The number of Topliss-reactive ketones (excluding diaryl/α,β-unsaturated/α-hetero) is 2. The molecule has 0 spiro atoms. The number of ketones is 2. The molecule has 38 heavy (non-hydrogen) atoms. The summed E-state index contributed by atoms with van der Waals surface area (Å²) in [6.45, 7) is 4.81. The summed E-state index contributed by atoms with van der Waals surface area (Å²) in [5.41, 5.74) is 0.0420. The van der Waals surface area contributed by atoms with Gasteiger partial charge >= 0.3 is 7.60 Å². The summed E-state index contributed by atoms with van der Waals surface area (Å²) in [4.78, 5) is 39.9. The molecule has 0 aliphatic rings. The van der Waals surface area contributed by atoms with Crippen molar-refractivity contribution in [2.45, 2.75) is 32.9 Å². The molecule has 3 aromatic rings. The molecule has 7 nitrogen and oxygen atoms in total. The topological polar surface area (TPSA) is 90.0 Å². The first kappa shape index (κ1) is 29.2. The van der Waals surface area contributed by atoms with E-state index in [1.165, 1.54) is 11.8 Å². The molecule has 0 N–H and O–H groups in total. The van der Waals surface area contributed by atoms with Gasteiger partial charge in [0.15, 0.2) is 11.6 Å². The predicted molar refractivity (Wildman–Crippen MR) is 150 cm³/mol. The lowest BCUT2D eigenvalue weighted by Gasteiger charge is -2.28. The fraction of sp³-hybridized carbons (Fsp3) is 0.300. The van der Waals surface area contributed by atoms with Crippen molar-refractivity contribution in [1.82, 2.24) is 4.90 Å². The van der Waals surface area contributed by atoms with E-state index in [1.54, 1.807) is 18.2 Å². The number of fused-ring (bicyclic) bond motifs is 1. The molecular weight excluding hydrogens is 501 g/mol. The van der Waals surface area contributed by atoms with Crippen molar-refractivity contribution in [1.29, 1.82) is 0 Å². The zero-order valence-electron chi connectivity index (χ0n) is 22.0. The summed E-state index contributed by atoms with van der Waals surface area (Å²) >= 11 is 0. The lowest BCUT2D eigenvalue weighted by molar-refractivity contribution is -0.133. The standard InChI is InChI=1S/C30H34NO6P/c1-4-31(5-2)29(34)22-37-38(35,36-21-23(3)32)30(27-19-12-17-25-16-9-10-18-26(25)27)28(33)20-11-15-24-13-7-6-8-14-24/h6-19,30H,4-5,20-22H2,1-3H3/b15-11+. The van der Waals surface area contributed by atoms with Gasteiger partial charge in [0.05, 0.1) is 0 Å². The molecule has 0 fully saturated rings. The normalized spacial score (nSPS) is 13.8. The lowest BCUT2D eigenvalue weighted by atomic mass is 9.99. The Hall–Kier alpha value is -3.38. The smallest absolute Gasteiger partial charge is 0.341 e. The van der Waals surface area contributed by atoms with Crippen LogP contribution in [0.3, 0.4) is 0 Å². The van der Waals surface area contributed by atoms with Crippen molar-refractivity contribution < 1.29 is 28.0 Å². The van der Waals surface area contributed by atoms with Crippen molar-refractivity contribution in [2.24, 2.45) is 0 Å². The summed E-state index contributed by atoms with van der Waals surface area (Å²) in [6.07, 6.45) is 3.46. The molecule has 200 valence electrons. The number of carbonyl (C=O) groups is 3. The molecule has 0 aromatic heterocycles. The number of benzene rings is 3. The van der Waals surface area contributed by atoms with Crippen LogP contribution in [0.25, 0.3) is 16.8 Å². The molecule has 3 rings (SSSR count). The Labute approximate surface area is 224 Å². The van der Waals surface area contributed by atoms with E-state index in [0.29, 0.717) is 24.0 Å². The number of carbonyl (C=O) groups excluding carboxylic acids is 3. The van der Waals surface area contributed by atoms with Crippen molar-refractivity contribution in [2.75, 3.05) is 26.3 Å². The highest BCUT2D eigenvalue weighted by atomic mass is 31.2. The van der Waals surface area contributed by atoms with Gasteiger partial charge in [-0.3, -0.25) is 28.0 Å². The van der Waals surface area contributed by atoms with E-state index in [2.05, 4.69) is 0 Å². The molecule has 1 amide bonds. The fourth-order valence-corrected chi connectivity index (χ4v) is 6.22. The fourth-order valence-electron chi connectivity index (χ4n) is 4.18. The molecule has 2 atom stereocenters. The minimum Gasteiger partial charge on any atom is -0.341 e. The van der Waals surface area contributed by atoms with Gasteiger partial charge in [-0.15, -0.1) is 0 Å². The highest BCUT2D eigenvalue weighted by Crippen LogP contribution is 2.62. The molecule has 0 bridgehead atoms. The van der Waals surface area contributed by atoms with Gasteiger partial charge in [0.2, 0.25) is 5.91 Å².